The van der Waals surface area contributed by atoms with Crippen molar-refractivity contribution in [2.24, 2.45) is 0 Å². The zero-order valence-corrected chi connectivity index (χ0v) is 10.9. The lowest BCUT2D eigenvalue weighted by molar-refractivity contribution is -0.907. The molecule has 2 rings (SSSR count). The number of benzene rings is 1. The first-order valence-electron chi connectivity index (χ1n) is 5.88. The first-order valence-corrected chi connectivity index (χ1v) is 5.88. The zero-order valence-electron chi connectivity index (χ0n) is 10.9. The molecule has 2 heteroatoms. The van der Waals surface area contributed by atoms with E-state index in [2.05, 4.69) is 0 Å². The van der Waals surface area contributed by atoms with E-state index in [1.807, 2.05) is 65.0 Å². The molecule has 1 heterocycles. The summed E-state index contributed by atoms with van der Waals surface area (Å²) in [5.41, 5.74) is 0.841. The van der Waals surface area contributed by atoms with Crippen molar-refractivity contribution in [3.8, 4) is 0 Å². The number of nitrogens with zero attached hydrogens (tertiary/aromatic N) is 1. The number of pyridine rings is 1. The topological polar surface area (TPSA) is 24.1 Å². The molecule has 16 heavy (non-hydrogen) atoms. The van der Waals surface area contributed by atoms with Gasteiger partial charge in [-0.1, -0.05) is 45.9 Å². The summed E-state index contributed by atoms with van der Waals surface area (Å²) < 4.78 is 1.14. The van der Waals surface area contributed by atoms with Gasteiger partial charge in [-0.2, -0.15) is 0 Å². The second kappa shape index (κ2) is 7.69. The van der Waals surface area contributed by atoms with Crippen molar-refractivity contribution >= 4 is 10.8 Å². The summed E-state index contributed by atoms with van der Waals surface area (Å²) in [6.07, 6.45) is 1.71. The van der Waals surface area contributed by atoms with Crippen molar-refractivity contribution in [1.82, 2.24) is 0 Å². The predicted molar refractivity (Wildman–Crippen MR) is 68.8 cm³/mol. The van der Waals surface area contributed by atoms with Crippen molar-refractivity contribution in [2.75, 3.05) is 0 Å². The summed E-state index contributed by atoms with van der Waals surface area (Å²) >= 11 is 0. The fraction of sp³-hybridized carbons (Fsp3) is 0.357. The minimum absolute atomic E-state index is 0.841. The van der Waals surface area contributed by atoms with Crippen LogP contribution in [-0.4, -0.2) is 5.21 Å². The van der Waals surface area contributed by atoms with Crippen LogP contribution in [-0.2, 0) is 0 Å². The predicted octanol–water partition coefficient (Wildman–Crippen LogP) is 3.73. The summed E-state index contributed by atoms with van der Waals surface area (Å²) in [7, 11) is 0. The molecule has 88 valence electrons. The van der Waals surface area contributed by atoms with Gasteiger partial charge < -0.3 is 0 Å². The van der Waals surface area contributed by atoms with Crippen molar-refractivity contribution in [3.05, 3.63) is 42.2 Å². The van der Waals surface area contributed by atoms with Crippen LogP contribution in [0.4, 0.5) is 0 Å². The standard InChI is InChI=1S/C10H10NO.2C2H6/c1-8-6-9-4-2-3-5-10(9)7-11(8)12;2*1-2/h2-7,12H,1H3;2*1-2H3/q+1;;. The van der Waals surface area contributed by atoms with Gasteiger partial charge >= 0.3 is 0 Å². The number of hydrogen-bond acceptors (Lipinski definition) is 1. The largest absolute Gasteiger partial charge is 0.285 e. The van der Waals surface area contributed by atoms with E-state index in [4.69, 9.17) is 0 Å². The molecule has 0 saturated heterocycles. The Kier molecular flexibility index (Phi) is 6.93. The van der Waals surface area contributed by atoms with Gasteiger partial charge in [0.2, 0.25) is 11.9 Å². The van der Waals surface area contributed by atoms with Crippen molar-refractivity contribution in [2.45, 2.75) is 34.6 Å². The average molecular weight is 220 g/mol. The number of rotatable bonds is 0. The normalized spacial score (nSPS) is 8.56. The van der Waals surface area contributed by atoms with Gasteiger partial charge in [0, 0.05) is 17.7 Å². The van der Waals surface area contributed by atoms with Crippen LogP contribution in [0.3, 0.4) is 0 Å². The van der Waals surface area contributed by atoms with Crippen molar-refractivity contribution in [1.29, 1.82) is 0 Å². The summed E-state index contributed by atoms with van der Waals surface area (Å²) in [4.78, 5) is 0. The van der Waals surface area contributed by atoms with Gasteiger partial charge in [0.25, 0.3) is 0 Å². The zero-order chi connectivity index (χ0) is 12.6. The third-order valence-electron chi connectivity index (χ3n) is 1.98. The minimum Gasteiger partial charge on any atom is -0.285 e. The van der Waals surface area contributed by atoms with Crippen LogP contribution in [0, 0.1) is 6.92 Å². The molecule has 0 bridgehead atoms. The minimum atomic E-state index is 0.841. The molecular weight excluding hydrogens is 198 g/mol. The molecule has 0 radical (unpaired) electrons. The second-order valence-corrected chi connectivity index (χ2v) is 2.89. The van der Waals surface area contributed by atoms with Gasteiger partial charge in [0.15, 0.2) is 0 Å². The molecule has 0 amide bonds. The van der Waals surface area contributed by atoms with Crippen molar-refractivity contribution in [3.63, 3.8) is 0 Å². The number of aryl methyl sites for hydroxylation is 1. The fourth-order valence-corrected chi connectivity index (χ4v) is 1.28. The van der Waals surface area contributed by atoms with Gasteiger partial charge in [0.05, 0.1) is 5.39 Å². The van der Waals surface area contributed by atoms with E-state index in [-0.39, 0.29) is 0 Å². The molecule has 2 nitrogen and oxygen atoms in total. The summed E-state index contributed by atoms with van der Waals surface area (Å²) in [6.45, 7) is 9.87. The lowest BCUT2D eigenvalue weighted by Gasteiger charge is -1.94. The Morgan fingerprint density at radius 3 is 2.00 bits per heavy atom. The number of hydrogen-bond donors (Lipinski definition) is 1. The highest BCUT2D eigenvalue weighted by molar-refractivity contribution is 5.80. The van der Waals surface area contributed by atoms with E-state index in [1.54, 1.807) is 6.20 Å². The fourth-order valence-electron chi connectivity index (χ4n) is 1.28. The molecule has 1 aromatic carbocycles. The molecule has 1 N–H and O–H groups in total. The molecule has 0 spiro atoms. The Labute approximate surface area is 98.1 Å². The van der Waals surface area contributed by atoms with E-state index >= 15 is 0 Å². The van der Waals surface area contributed by atoms with Crippen LogP contribution in [0.2, 0.25) is 0 Å². The quantitative estimate of drug-likeness (QED) is 0.531. The Hall–Kier alpha value is -1.57. The first-order chi connectivity index (χ1) is 7.77. The SMILES string of the molecule is CC.CC.Cc1cc2ccccc2c[n+]1O. The van der Waals surface area contributed by atoms with E-state index in [1.165, 1.54) is 0 Å². The Bertz CT molecular complexity index is 384. The highest BCUT2D eigenvalue weighted by atomic mass is 16.5. The van der Waals surface area contributed by atoms with E-state index in [0.29, 0.717) is 0 Å². The van der Waals surface area contributed by atoms with Crippen LogP contribution < -0.4 is 4.73 Å². The molecule has 1 aromatic heterocycles. The third-order valence-corrected chi connectivity index (χ3v) is 1.98. The summed E-state index contributed by atoms with van der Waals surface area (Å²) in [5.74, 6) is 0. The summed E-state index contributed by atoms with van der Waals surface area (Å²) in [6, 6.07) is 9.90. The van der Waals surface area contributed by atoms with Gasteiger partial charge in [-0.25, -0.2) is 0 Å². The Balaban J connectivity index is 0.000000509. The molecule has 0 saturated carbocycles. The first kappa shape index (κ1) is 14.4. The van der Waals surface area contributed by atoms with Crippen LogP contribution in [0.1, 0.15) is 33.4 Å². The highest BCUT2D eigenvalue weighted by Gasteiger charge is 2.05. The van der Waals surface area contributed by atoms with Crippen LogP contribution >= 0.6 is 0 Å². The molecule has 0 unspecified atom stereocenters. The lowest BCUT2D eigenvalue weighted by Crippen LogP contribution is -2.32. The maximum absolute atomic E-state index is 9.33. The molecule has 0 aliphatic carbocycles. The van der Waals surface area contributed by atoms with E-state index in [9.17, 15) is 5.21 Å². The lowest BCUT2D eigenvalue weighted by atomic mass is 10.1. The molecule has 0 fully saturated rings. The van der Waals surface area contributed by atoms with Gasteiger partial charge in [-0.05, 0) is 11.5 Å². The molecule has 0 atom stereocenters. The van der Waals surface area contributed by atoms with Crippen LogP contribution in [0.5, 0.6) is 0 Å². The van der Waals surface area contributed by atoms with Gasteiger partial charge in [0.1, 0.15) is 0 Å². The molecule has 0 aliphatic heterocycles. The molecule has 0 aliphatic rings. The average Bonchev–Trinajstić information content (AvgIpc) is 2.36. The Morgan fingerprint density at radius 2 is 1.44 bits per heavy atom. The van der Waals surface area contributed by atoms with Gasteiger partial charge in [-0.3, -0.25) is 5.21 Å². The number of aromatic nitrogens is 1. The van der Waals surface area contributed by atoms with Gasteiger partial charge in [-0.15, -0.1) is 0 Å². The van der Waals surface area contributed by atoms with E-state index < -0.39 is 0 Å². The molecule has 2 aromatic rings. The number of fused-ring (bicyclic) bond motifs is 1. The van der Waals surface area contributed by atoms with E-state index in [0.717, 1.165) is 21.2 Å². The summed E-state index contributed by atoms with van der Waals surface area (Å²) in [5, 5.41) is 11.5. The Morgan fingerprint density at radius 1 is 0.938 bits per heavy atom. The monoisotopic (exact) mass is 220 g/mol. The third kappa shape index (κ3) is 3.54. The van der Waals surface area contributed by atoms with Crippen LogP contribution in [0.25, 0.3) is 10.8 Å². The smallest absolute Gasteiger partial charge is 0.231 e. The van der Waals surface area contributed by atoms with Crippen LogP contribution in [0.15, 0.2) is 36.5 Å². The second-order valence-electron chi connectivity index (χ2n) is 2.89. The maximum Gasteiger partial charge on any atom is 0.231 e. The highest BCUT2D eigenvalue weighted by Crippen LogP contribution is 2.11. The maximum atomic E-state index is 9.33. The van der Waals surface area contributed by atoms with Crippen molar-refractivity contribution < 1.29 is 9.94 Å². The molecular formula is C14H22NO+.